The lowest BCUT2D eigenvalue weighted by molar-refractivity contribution is -0.124. The largest absolute Gasteiger partial charge is 0.377 e. The number of carbonyl (C=O) groups excluding carboxylic acids is 1. The van der Waals surface area contributed by atoms with Crippen molar-refractivity contribution in [2.24, 2.45) is 5.41 Å². The standard InChI is InChI=1S/C20H21NO/c1-14-7-9-17-16(13-14)8-10-18(22)20(11-12-20)19(21-17)15-5-3-2-4-6-15/h2-7,9,13,19,21H,8,10-12H2,1H3. The molecule has 0 aromatic heterocycles. The minimum absolute atomic E-state index is 0.1000. The first-order chi connectivity index (χ1) is 10.7. The van der Waals surface area contributed by atoms with Gasteiger partial charge in [0.25, 0.3) is 0 Å². The number of rotatable bonds is 1. The number of benzene rings is 2. The molecule has 1 N–H and O–H groups in total. The van der Waals surface area contributed by atoms with Crippen molar-refractivity contribution in [2.75, 3.05) is 5.32 Å². The van der Waals surface area contributed by atoms with E-state index in [2.05, 4.69) is 54.7 Å². The predicted molar refractivity (Wildman–Crippen MR) is 89.0 cm³/mol. The van der Waals surface area contributed by atoms with Crippen molar-refractivity contribution in [3.05, 3.63) is 65.2 Å². The molecule has 1 atom stereocenters. The summed E-state index contributed by atoms with van der Waals surface area (Å²) in [5, 5.41) is 3.71. The molecule has 0 amide bonds. The fourth-order valence-corrected chi connectivity index (χ4v) is 3.77. The van der Waals surface area contributed by atoms with Gasteiger partial charge in [-0.15, -0.1) is 0 Å². The van der Waals surface area contributed by atoms with Gasteiger partial charge in [0.15, 0.2) is 0 Å². The summed E-state index contributed by atoms with van der Waals surface area (Å²) in [4.78, 5) is 12.8. The number of aryl methyl sites for hydroxylation is 2. The second kappa shape index (κ2) is 4.98. The van der Waals surface area contributed by atoms with Crippen LogP contribution in [0.4, 0.5) is 5.69 Å². The molecule has 1 aliphatic heterocycles. The fourth-order valence-electron chi connectivity index (χ4n) is 3.77. The number of ketones is 1. The molecule has 2 nitrogen and oxygen atoms in total. The van der Waals surface area contributed by atoms with E-state index in [1.54, 1.807) is 0 Å². The summed E-state index contributed by atoms with van der Waals surface area (Å²) < 4.78 is 0. The maximum Gasteiger partial charge on any atom is 0.141 e. The molecule has 2 aromatic carbocycles. The van der Waals surface area contributed by atoms with Crippen LogP contribution in [-0.4, -0.2) is 5.78 Å². The van der Waals surface area contributed by atoms with E-state index >= 15 is 0 Å². The van der Waals surface area contributed by atoms with E-state index in [0.29, 0.717) is 12.2 Å². The Balaban J connectivity index is 1.80. The van der Waals surface area contributed by atoms with Crippen LogP contribution in [0.3, 0.4) is 0 Å². The van der Waals surface area contributed by atoms with Crippen molar-refractivity contribution in [3.63, 3.8) is 0 Å². The fraction of sp³-hybridized carbons (Fsp3) is 0.350. The zero-order valence-corrected chi connectivity index (χ0v) is 12.9. The first-order valence-corrected chi connectivity index (χ1v) is 8.13. The Bertz CT molecular complexity index is 716. The number of fused-ring (bicyclic) bond motifs is 1. The third-order valence-corrected chi connectivity index (χ3v) is 5.21. The first-order valence-electron chi connectivity index (χ1n) is 8.13. The Kier molecular flexibility index (Phi) is 3.07. The van der Waals surface area contributed by atoms with Crippen LogP contribution >= 0.6 is 0 Å². The average molecular weight is 291 g/mol. The van der Waals surface area contributed by atoms with Crippen LogP contribution in [0, 0.1) is 12.3 Å². The molecule has 22 heavy (non-hydrogen) atoms. The summed E-state index contributed by atoms with van der Waals surface area (Å²) in [5.41, 5.74) is 4.76. The van der Waals surface area contributed by atoms with E-state index in [1.807, 2.05) is 6.07 Å². The molecule has 1 saturated carbocycles. The summed E-state index contributed by atoms with van der Waals surface area (Å²) in [6.45, 7) is 2.11. The zero-order chi connectivity index (χ0) is 15.2. The van der Waals surface area contributed by atoms with Gasteiger partial charge in [-0.2, -0.15) is 0 Å². The van der Waals surface area contributed by atoms with Crippen molar-refractivity contribution in [1.29, 1.82) is 0 Å². The zero-order valence-electron chi connectivity index (χ0n) is 12.9. The summed E-state index contributed by atoms with van der Waals surface area (Å²) >= 11 is 0. The Morgan fingerprint density at radius 1 is 1.05 bits per heavy atom. The predicted octanol–water partition coefficient (Wildman–Crippen LogP) is 4.44. The third kappa shape index (κ3) is 2.14. The number of hydrogen-bond acceptors (Lipinski definition) is 2. The molecule has 1 heterocycles. The maximum atomic E-state index is 12.8. The number of carbonyl (C=O) groups is 1. The van der Waals surface area contributed by atoms with E-state index in [4.69, 9.17) is 0 Å². The molecule has 0 saturated heterocycles. The smallest absolute Gasteiger partial charge is 0.141 e. The highest BCUT2D eigenvalue weighted by Crippen LogP contribution is 2.58. The lowest BCUT2D eigenvalue weighted by atomic mass is 9.82. The van der Waals surface area contributed by atoms with E-state index in [9.17, 15) is 4.79 Å². The molecule has 2 heteroatoms. The molecule has 0 radical (unpaired) electrons. The normalized spacial score (nSPS) is 22.4. The van der Waals surface area contributed by atoms with Gasteiger partial charge in [-0.25, -0.2) is 0 Å². The Morgan fingerprint density at radius 3 is 2.55 bits per heavy atom. The Hall–Kier alpha value is -2.09. The van der Waals surface area contributed by atoms with Crippen molar-refractivity contribution in [3.8, 4) is 0 Å². The lowest BCUT2D eigenvalue weighted by Gasteiger charge is -2.32. The van der Waals surface area contributed by atoms with Crippen molar-refractivity contribution in [1.82, 2.24) is 0 Å². The quantitative estimate of drug-likeness (QED) is 0.841. The summed E-state index contributed by atoms with van der Waals surface area (Å²) in [7, 11) is 0. The van der Waals surface area contributed by atoms with Crippen molar-refractivity contribution >= 4 is 11.5 Å². The molecule has 1 aliphatic carbocycles. The lowest BCUT2D eigenvalue weighted by Crippen LogP contribution is -2.32. The molecule has 4 rings (SSSR count). The average Bonchev–Trinajstić information content (AvgIpc) is 3.33. The molecule has 112 valence electrons. The van der Waals surface area contributed by atoms with Gasteiger partial charge < -0.3 is 5.32 Å². The molecule has 2 aliphatic rings. The minimum Gasteiger partial charge on any atom is -0.377 e. The van der Waals surface area contributed by atoms with Gasteiger partial charge in [-0.05, 0) is 43.4 Å². The monoisotopic (exact) mass is 291 g/mol. The Labute approximate surface area is 131 Å². The molecule has 2 aromatic rings. The van der Waals surface area contributed by atoms with Crippen LogP contribution in [-0.2, 0) is 11.2 Å². The Morgan fingerprint density at radius 2 is 1.82 bits per heavy atom. The molecule has 0 bridgehead atoms. The van der Waals surface area contributed by atoms with Crippen LogP contribution in [0.1, 0.15) is 42.0 Å². The van der Waals surface area contributed by atoms with E-state index in [-0.39, 0.29) is 11.5 Å². The van der Waals surface area contributed by atoms with Gasteiger partial charge in [0.05, 0.1) is 11.5 Å². The highest BCUT2D eigenvalue weighted by atomic mass is 16.1. The van der Waals surface area contributed by atoms with Gasteiger partial charge >= 0.3 is 0 Å². The molecule has 1 fully saturated rings. The summed E-state index contributed by atoms with van der Waals surface area (Å²) in [6.07, 6.45) is 3.55. The number of nitrogens with one attached hydrogen (secondary N) is 1. The number of Topliss-reactive ketones (excluding diaryl/α,β-unsaturated/α-hetero) is 1. The third-order valence-electron chi connectivity index (χ3n) is 5.21. The van der Waals surface area contributed by atoms with Gasteiger partial charge in [0, 0.05) is 12.1 Å². The van der Waals surface area contributed by atoms with Gasteiger partial charge in [0.1, 0.15) is 5.78 Å². The maximum absolute atomic E-state index is 12.8. The summed E-state index contributed by atoms with van der Waals surface area (Å²) in [5.74, 6) is 0.431. The highest BCUT2D eigenvalue weighted by Gasteiger charge is 2.55. The second-order valence-electron chi connectivity index (χ2n) is 6.73. The number of hydrogen-bond donors (Lipinski definition) is 1. The van der Waals surface area contributed by atoms with E-state index in [0.717, 1.165) is 19.3 Å². The van der Waals surface area contributed by atoms with Crippen LogP contribution in [0.2, 0.25) is 0 Å². The minimum atomic E-state index is -0.177. The van der Waals surface area contributed by atoms with Crippen molar-refractivity contribution < 1.29 is 4.79 Å². The van der Waals surface area contributed by atoms with E-state index < -0.39 is 0 Å². The van der Waals surface area contributed by atoms with Crippen LogP contribution < -0.4 is 5.32 Å². The number of anilines is 1. The van der Waals surface area contributed by atoms with Crippen LogP contribution in [0.25, 0.3) is 0 Å². The van der Waals surface area contributed by atoms with Gasteiger partial charge in [-0.3, -0.25) is 4.79 Å². The highest BCUT2D eigenvalue weighted by molar-refractivity contribution is 5.90. The molecule has 1 spiro atoms. The van der Waals surface area contributed by atoms with Gasteiger partial charge in [-0.1, -0.05) is 48.0 Å². The van der Waals surface area contributed by atoms with Crippen LogP contribution in [0.15, 0.2) is 48.5 Å². The summed E-state index contributed by atoms with van der Waals surface area (Å²) in [6, 6.07) is 17.1. The van der Waals surface area contributed by atoms with Crippen molar-refractivity contribution in [2.45, 2.75) is 38.6 Å². The van der Waals surface area contributed by atoms with E-state index in [1.165, 1.54) is 22.4 Å². The molecule has 1 unspecified atom stereocenters. The van der Waals surface area contributed by atoms with Crippen LogP contribution in [0.5, 0.6) is 0 Å². The SMILES string of the molecule is Cc1ccc2c(c1)CCC(=O)C1(CC1)C(c1ccccc1)N2. The topological polar surface area (TPSA) is 29.1 Å². The van der Waals surface area contributed by atoms with Gasteiger partial charge in [0.2, 0.25) is 0 Å². The second-order valence-corrected chi connectivity index (χ2v) is 6.73. The first kappa shape index (κ1) is 13.6. The molecular weight excluding hydrogens is 270 g/mol. The molecular formula is C20H21NO.